The Labute approximate surface area is 190 Å². The van der Waals surface area contributed by atoms with Crippen LogP contribution >= 0.6 is 11.6 Å². The molecule has 2 heterocycles. The monoisotopic (exact) mass is 473 g/mol. The molecule has 32 heavy (non-hydrogen) atoms. The van der Waals surface area contributed by atoms with Crippen LogP contribution in [-0.4, -0.2) is 49.9 Å². The Bertz CT molecular complexity index is 1220. The first-order chi connectivity index (χ1) is 15.4. The lowest BCUT2D eigenvalue weighted by Crippen LogP contribution is -2.40. The van der Waals surface area contributed by atoms with Crippen molar-refractivity contribution in [1.29, 1.82) is 0 Å². The van der Waals surface area contributed by atoms with Gasteiger partial charge in [0.2, 0.25) is 15.9 Å². The zero-order chi connectivity index (χ0) is 22.6. The quantitative estimate of drug-likeness (QED) is 0.584. The molecule has 1 N–H and O–H groups in total. The molecular weight excluding hydrogens is 454 g/mol. The predicted octanol–water partition coefficient (Wildman–Crippen LogP) is 3.80. The van der Waals surface area contributed by atoms with Crippen molar-refractivity contribution in [2.75, 3.05) is 31.6 Å². The summed E-state index contributed by atoms with van der Waals surface area (Å²) in [5.41, 5.74) is 0.477. The van der Waals surface area contributed by atoms with Gasteiger partial charge in [0.25, 0.3) is 5.91 Å². The molecule has 0 saturated carbocycles. The molecule has 166 valence electrons. The normalized spacial score (nSPS) is 14.7. The van der Waals surface area contributed by atoms with E-state index in [9.17, 15) is 13.2 Å². The maximum atomic E-state index is 13.0. The van der Waals surface area contributed by atoms with Crippen molar-refractivity contribution in [1.82, 2.24) is 9.29 Å². The Morgan fingerprint density at radius 2 is 1.81 bits per heavy atom. The highest BCUT2D eigenvalue weighted by Gasteiger charge is 2.29. The van der Waals surface area contributed by atoms with Gasteiger partial charge in [-0.05, 0) is 42.5 Å². The van der Waals surface area contributed by atoms with Crippen molar-refractivity contribution >= 4 is 33.2 Å². The second-order valence-electron chi connectivity index (χ2n) is 6.89. The van der Waals surface area contributed by atoms with Crippen LogP contribution in [-0.2, 0) is 14.8 Å². The molecule has 0 aliphatic carbocycles. The van der Waals surface area contributed by atoms with E-state index in [-0.39, 0.29) is 40.1 Å². The maximum Gasteiger partial charge on any atom is 0.261 e. The van der Waals surface area contributed by atoms with Crippen LogP contribution in [0.25, 0.3) is 0 Å². The minimum absolute atomic E-state index is 0.0731. The number of pyridine rings is 1. The zero-order valence-corrected chi connectivity index (χ0v) is 18.5. The number of halogens is 1. The number of carbonyl (C=O) groups is 1. The number of rotatable bonds is 6. The van der Waals surface area contributed by atoms with Crippen LogP contribution in [0.5, 0.6) is 11.6 Å². The average Bonchev–Trinajstić information content (AvgIpc) is 2.82. The lowest BCUT2D eigenvalue weighted by molar-refractivity contribution is 0.0730. The molecule has 0 unspecified atom stereocenters. The van der Waals surface area contributed by atoms with E-state index in [0.29, 0.717) is 19.0 Å². The van der Waals surface area contributed by atoms with Crippen LogP contribution in [0.4, 0.5) is 5.69 Å². The first-order valence-electron chi connectivity index (χ1n) is 9.82. The van der Waals surface area contributed by atoms with Crippen molar-refractivity contribution in [2.45, 2.75) is 4.90 Å². The first-order valence-corrected chi connectivity index (χ1v) is 11.6. The molecular formula is C22H20ClN3O5S. The van der Waals surface area contributed by atoms with Gasteiger partial charge in [-0.25, -0.2) is 13.4 Å². The fraction of sp³-hybridized carbons (Fsp3) is 0.182. The highest BCUT2D eigenvalue weighted by molar-refractivity contribution is 7.89. The van der Waals surface area contributed by atoms with E-state index in [1.54, 1.807) is 24.3 Å². The molecule has 4 rings (SSSR count). The van der Waals surface area contributed by atoms with E-state index in [1.807, 2.05) is 18.2 Å². The van der Waals surface area contributed by atoms with E-state index >= 15 is 0 Å². The molecule has 0 bridgehead atoms. The summed E-state index contributed by atoms with van der Waals surface area (Å²) in [6.45, 7) is 1.12. The van der Waals surface area contributed by atoms with Gasteiger partial charge in [0.15, 0.2) is 0 Å². The van der Waals surface area contributed by atoms with E-state index in [0.717, 1.165) is 0 Å². The highest BCUT2D eigenvalue weighted by atomic mass is 35.5. The summed E-state index contributed by atoms with van der Waals surface area (Å²) in [5, 5.41) is 2.77. The fourth-order valence-electron chi connectivity index (χ4n) is 3.15. The number of morpholine rings is 1. The number of ether oxygens (including phenoxy) is 2. The van der Waals surface area contributed by atoms with Crippen molar-refractivity contribution in [3.8, 4) is 11.6 Å². The minimum atomic E-state index is -3.83. The third kappa shape index (κ3) is 4.91. The molecule has 0 spiro atoms. The number of hydrogen-bond acceptors (Lipinski definition) is 6. The second-order valence-corrected chi connectivity index (χ2v) is 9.20. The van der Waals surface area contributed by atoms with Gasteiger partial charge in [0.1, 0.15) is 16.2 Å². The standard InChI is InChI=1S/C22H20ClN3O5S/c23-19-9-8-16(15-20(19)32(28,29)26-11-13-30-14-12-26)25-21(27)18-7-4-10-24-22(18)31-17-5-2-1-3-6-17/h1-10,15H,11-14H2,(H,25,27). The number of nitrogens with one attached hydrogen (secondary N) is 1. The average molecular weight is 474 g/mol. The van der Waals surface area contributed by atoms with Gasteiger partial charge in [-0.1, -0.05) is 29.8 Å². The summed E-state index contributed by atoms with van der Waals surface area (Å²) in [6.07, 6.45) is 1.52. The molecule has 0 atom stereocenters. The molecule has 1 saturated heterocycles. The zero-order valence-electron chi connectivity index (χ0n) is 16.9. The Balaban J connectivity index is 1.58. The number of hydrogen-bond donors (Lipinski definition) is 1. The van der Waals surface area contributed by atoms with Gasteiger partial charge in [-0.3, -0.25) is 4.79 Å². The number of sulfonamides is 1. The van der Waals surface area contributed by atoms with Gasteiger partial charge in [0, 0.05) is 25.0 Å². The number of anilines is 1. The van der Waals surface area contributed by atoms with Crippen LogP contribution in [0, 0.1) is 0 Å². The number of para-hydroxylation sites is 1. The third-order valence-electron chi connectivity index (χ3n) is 4.75. The third-order valence-corrected chi connectivity index (χ3v) is 7.13. The van der Waals surface area contributed by atoms with E-state index in [2.05, 4.69) is 10.3 Å². The van der Waals surface area contributed by atoms with Gasteiger partial charge in [-0.15, -0.1) is 0 Å². The van der Waals surface area contributed by atoms with E-state index in [1.165, 1.54) is 28.7 Å². The van der Waals surface area contributed by atoms with Crippen molar-refractivity contribution in [2.24, 2.45) is 0 Å². The van der Waals surface area contributed by atoms with Gasteiger partial charge in [-0.2, -0.15) is 4.31 Å². The van der Waals surface area contributed by atoms with E-state index in [4.69, 9.17) is 21.1 Å². The number of carbonyl (C=O) groups excluding carboxylic acids is 1. The number of nitrogens with zero attached hydrogens (tertiary/aromatic N) is 2. The molecule has 8 nitrogen and oxygen atoms in total. The summed E-state index contributed by atoms with van der Waals surface area (Å²) < 4.78 is 38.3. The summed E-state index contributed by atoms with van der Waals surface area (Å²) >= 11 is 6.19. The molecule has 1 aromatic heterocycles. The predicted molar refractivity (Wildman–Crippen MR) is 120 cm³/mol. The lowest BCUT2D eigenvalue weighted by Gasteiger charge is -2.26. The number of benzene rings is 2. The Morgan fingerprint density at radius 3 is 2.56 bits per heavy atom. The van der Waals surface area contributed by atoms with Crippen LogP contribution in [0.1, 0.15) is 10.4 Å². The largest absolute Gasteiger partial charge is 0.438 e. The van der Waals surface area contributed by atoms with Crippen LogP contribution in [0.3, 0.4) is 0 Å². The molecule has 1 amide bonds. The lowest BCUT2D eigenvalue weighted by atomic mass is 10.2. The van der Waals surface area contributed by atoms with Crippen molar-refractivity contribution < 1.29 is 22.7 Å². The maximum absolute atomic E-state index is 13.0. The molecule has 2 aromatic carbocycles. The Kier molecular flexibility index (Phi) is 6.71. The molecule has 1 aliphatic rings. The Morgan fingerprint density at radius 1 is 1.06 bits per heavy atom. The highest BCUT2D eigenvalue weighted by Crippen LogP contribution is 2.29. The van der Waals surface area contributed by atoms with Crippen LogP contribution < -0.4 is 10.1 Å². The van der Waals surface area contributed by atoms with E-state index < -0.39 is 15.9 Å². The molecule has 3 aromatic rings. The van der Waals surface area contributed by atoms with Crippen LogP contribution in [0.2, 0.25) is 5.02 Å². The molecule has 0 radical (unpaired) electrons. The molecule has 1 aliphatic heterocycles. The van der Waals surface area contributed by atoms with Gasteiger partial charge in [0.05, 0.1) is 18.2 Å². The SMILES string of the molecule is O=C(Nc1ccc(Cl)c(S(=O)(=O)N2CCOCC2)c1)c1cccnc1Oc1ccccc1. The van der Waals surface area contributed by atoms with Gasteiger partial charge < -0.3 is 14.8 Å². The Hall–Kier alpha value is -2.98. The van der Waals surface area contributed by atoms with Gasteiger partial charge >= 0.3 is 0 Å². The van der Waals surface area contributed by atoms with Crippen molar-refractivity contribution in [3.63, 3.8) is 0 Å². The second kappa shape index (κ2) is 9.66. The molecule has 1 fully saturated rings. The topological polar surface area (TPSA) is 97.8 Å². The van der Waals surface area contributed by atoms with Crippen molar-refractivity contribution in [3.05, 3.63) is 77.4 Å². The summed E-state index contributed by atoms with van der Waals surface area (Å²) in [5.74, 6) is 0.165. The minimum Gasteiger partial charge on any atom is -0.438 e. The molecule has 10 heteroatoms. The smallest absolute Gasteiger partial charge is 0.261 e. The van der Waals surface area contributed by atoms with Crippen LogP contribution in [0.15, 0.2) is 71.8 Å². The first kappa shape index (κ1) is 22.2. The summed E-state index contributed by atoms with van der Waals surface area (Å²) in [4.78, 5) is 17.0. The number of aromatic nitrogens is 1. The summed E-state index contributed by atoms with van der Waals surface area (Å²) in [7, 11) is -3.83. The number of amides is 1. The fourth-order valence-corrected chi connectivity index (χ4v) is 5.06. The summed E-state index contributed by atoms with van der Waals surface area (Å²) in [6, 6.07) is 16.5.